The Bertz CT molecular complexity index is 382. The third kappa shape index (κ3) is 3.84. The van der Waals surface area contributed by atoms with E-state index in [9.17, 15) is 18.0 Å². The molecule has 0 radical (unpaired) electrons. The van der Waals surface area contributed by atoms with E-state index >= 15 is 0 Å². The monoisotopic (exact) mass is 296 g/mol. The van der Waals surface area contributed by atoms with E-state index < -0.39 is 12.4 Å². The summed E-state index contributed by atoms with van der Waals surface area (Å²) in [6, 6.07) is 3.18. The fraction of sp³-hybridized carbons (Fsp3) is 0.300. The zero-order chi connectivity index (χ0) is 12.1. The first-order valence-corrected chi connectivity index (χ1v) is 5.46. The first-order chi connectivity index (χ1) is 7.52. The largest absolute Gasteiger partial charge is 0.435 e. The van der Waals surface area contributed by atoms with E-state index in [1.54, 1.807) is 0 Å². The number of ketones is 1. The van der Waals surface area contributed by atoms with Crippen molar-refractivity contribution in [1.82, 2.24) is 0 Å². The van der Waals surface area contributed by atoms with Gasteiger partial charge in [-0.3, -0.25) is 4.79 Å². The fourth-order valence-corrected chi connectivity index (χ4v) is 1.32. The third-order valence-electron chi connectivity index (χ3n) is 1.78. The summed E-state index contributed by atoms with van der Waals surface area (Å²) in [5.74, 6) is -1.02. The van der Waals surface area contributed by atoms with Gasteiger partial charge in [-0.2, -0.15) is 8.78 Å². The van der Waals surface area contributed by atoms with Crippen molar-refractivity contribution in [2.75, 3.05) is 5.33 Å². The first-order valence-electron chi connectivity index (χ1n) is 4.34. The highest BCUT2D eigenvalue weighted by Gasteiger charge is 2.11. The predicted molar refractivity (Wildman–Crippen MR) is 55.5 cm³/mol. The second kappa shape index (κ2) is 5.89. The van der Waals surface area contributed by atoms with E-state index in [2.05, 4.69) is 20.7 Å². The second-order valence-corrected chi connectivity index (χ2v) is 3.54. The topological polar surface area (TPSA) is 26.3 Å². The molecule has 1 aromatic carbocycles. The molecule has 0 N–H and O–H groups in total. The summed E-state index contributed by atoms with van der Waals surface area (Å²) >= 11 is 2.93. The zero-order valence-electron chi connectivity index (χ0n) is 8.05. The molecule has 0 aliphatic carbocycles. The number of hydrogen-bond donors (Lipinski definition) is 0. The molecule has 0 bridgehead atoms. The standard InChI is InChI=1S/C10H8BrF3O2/c11-5-7(15)3-6-4-8(16-10(13)14)1-2-9(6)12/h1-2,4,10H,3,5H2. The number of benzene rings is 1. The normalized spacial score (nSPS) is 10.6. The highest BCUT2D eigenvalue weighted by molar-refractivity contribution is 9.09. The van der Waals surface area contributed by atoms with Crippen LogP contribution in [0.15, 0.2) is 18.2 Å². The SMILES string of the molecule is O=C(CBr)Cc1cc(OC(F)F)ccc1F. The summed E-state index contributed by atoms with van der Waals surface area (Å²) in [7, 11) is 0. The predicted octanol–water partition coefficient (Wildman–Crippen LogP) is 2.93. The van der Waals surface area contributed by atoms with Gasteiger partial charge in [0.1, 0.15) is 17.3 Å². The molecular formula is C10H8BrF3O2. The average Bonchev–Trinajstić information content (AvgIpc) is 2.22. The molecule has 1 rings (SSSR count). The lowest BCUT2D eigenvalue weighted by molar-refractivity contribution is -0.115. The van der Waals surface area contributed by atoms with Gasteiger partial charge in [0.15, 0.2) is 0 Å². The van der Waals surface area contributed by atoms with Crippen molar-refractivity contribution in [3.8, 4) is 5.75 Å². The number of alkyl halides is 3. The van der Waals surface area contributed by atoms with Gasteiger partial charge in [0.25, 0.3) is 0 Å². The van der Waals surface area contributed by atoms with Gasteiger partial charge in [0.05, 0.1) is 5.33 Å². The lowest BCUT2D eigenvalue weighted by atomic mass is 10.1. The van der Waals surface area contributed by atoms with Crippen molar-refractivity contribution in [2.24, 2.45) is 0 Å². The van der Waals surface area contributed by atoms with Crippen LogP contribution in [0.2, 0.25) is 0 Å². The molecule has 0 aromatic heterocycles. The molecule has 0 aliphatic heterocycles. The first kappa shape index (κ1) is 13.0. The van der Waals surface area contributed by atoms with Crippen molar-refractivity contribution >= 4 is 21.7 Å². The van der Waals surface area contributed by atoms with Crippen molar-refractivity contribution in [1.29, 1.82) is 0 Å². The molecule has 1 aromatic rings. The fourth-order valence-electron chi connectivity index (χ4n) is 1.12. The lowest BCUT2D eigenvalue weighted by Gasteiger charge is -2.07. The van der Waals surface area contributed by atoms with Crippen LogP contribution < -0.4 is 4.74 Å². The van der Waals surface area contributed by atoms with Crippen LogP contribution in [0.3, 0.4) is 0 Å². The summed E-state index contributed by atoms with van der Waals surface area (Å²) < 4.78 is 41.1. The maximum atomic E-state index is 13.2. The molecule has 0 saturated heterocycles. The lowest BCUT2D eigenvalue weighted by Crippen LogP contribution is -2.07. The van der Waals surface area contributed by atoms with Crippen LogP contribution in [0.5, 0.6) is 5.75 Å². The van der Waals surface area contributed by atoms with E-state index in [-0.39, 0.29) is 28.8 Å². The number of rotatable bonds is 5. The third-order valence-corrected chi connectivity index (χ3v) is 2.40. The number of carbonyl (C=O) groups is 1. The van der Waals surface area contributed by atoms with E-state index in [0.29, 0.717) is 0 Å². The Morgan fingerprint density at radius 2 is 2.12 bits per heavy atom. The van der Waals surface area contributed by atoms with Crippen LogP contribution in [-0.4, -0.2) is 17.7 Å². The van der Waals surface area contributed by atoms with E-state index in [1.165, 1.54) is 0 Å². The Hall–Kier alpha value is -1.04. The minimum absolute atomic E-state index is 0.0441. The van der Waals surface area contributed by atoms with Crippen molar-refractivity contribution < 1.29 is 22.7 Å². The maximum absolute atomic E-state index is 13.2. The quantitative estimate of drug-likeness (QED) is 0.781. The van der Waals surface area contributed by atoms with Crippen LogP contribution in [0.25, 0.3) is 0 Å². The molecule has 88 valence electrons. The Labute approximate surface area is 98.5 Å². The minimum atomic E-state index is -2.97. The maximum Gasteiger partial charge on any atom is 0.387 e. The highest BCUT2D eigenvalue weighted by Crippen LogP contribution is 2.19. The summed E-state index contributed by atoms with van der Waals surface area (Å²) in [5, 5.41) is 0.0897. The molecule has 0 heterocycles. The highest BCUT2D eigenvalue weighted by atomic mass is 79.9. The number of Topliss-reactive ketones (excluding diaryl/α,β-unsaturated/α-hetero) is 1. The molecule has 0 spiro atoms. The van der Waals surface area contributed by atoms with Gasteiger partial charge in [-0.15, -0.1) is 0 Å². The van der Waals surface area contributed by atoms with Crippen molar-refractivity contribution in [3.63, 3.8) is 0 Å². The molecule has 0 amide bonds. The van der Waals surface area contributed by atoms with Gasteiger partial charge in [-0.25, -0.2) is 4.39 Å². The van der Waals surface area contributed by atoms with Crippen molar-refractivity contribution in [3.05, 3.63) is 29.6 Å². The van der Waals surface area contributed by atoms with E-state index in [4.69, 9.17) is 0 Å². The molecular weight excluding hydrogens is 289 g/mol. The van der Waals surface area contributed by atoms with Gasteiger partial charge in [-0.1, -0.05) is 15.9 Å². The van der Waals surface area contributed by atoms with E-state index in [0.717, 1.165) is 18.2 Å². The van der Waals surface area contributed by atoms with Crippen molar-refractivity contribution in [2.45, 2.75) is 13.0 Å². The minimum Gasteiger partial charge on any atom is -0.435 e. The van der Waals surface area contributed by atoms with Crippen LogP contribution in [0, 0.1) is 5.82 Å². The van der Waals surface area contributed by atoms with E-state index in [1.807, 2.05) is 0 Å². The van der Waals surface area contributed by atoms with Crippen LogP contribution in [0.1, 0.15) is 5.56 Å². The molecule has 0 fully saturated rings. The smallest absolute Gasteiger partial charge is 0.387 e. The summed E-state index contributed by atoms with van der Waals surface area (Å²) in [5.41, 5.74) is 0.0441. The zero-order valence-corrected chi connectivity index (χ0v) is 9.64. The summed E-state index contributed by atoms with van der Waals surface area (Å²) in [6.07, 6.45) is -0.155. The Morgan fingerprint density at radius 3 is 2.69 bits per heavy atom. The molecule has 0 aliphatic rings. The van der Waals surface area contributed by atoms with Gasteiger partial charge >= 0.3 is 6.61 Å². The van der Waals surface area contributed by atoms with Crippen LogP contribution >= 0.6 is 15.9 Å². The molecule has 0 unspecified atom stereocenters. The van der Waals surface area contributed by atoms with Gasteiger partial charge < -0.3 is 4.74 Å². The summed E-state index contributed by atoms with van der Waals surface area (Å²) in [6.45, 7) is -2.97. The molecule has 16 heavy (non-hydrogen) atoms. The number of hydrogen-bond acceptors (Lipinski definition) is 2. The Kier molecular flexibility index (Phi) is 4.79. The van der Waals surface area contributed by atoms with Crippen LogP contribution in [0.4, 0.5) is 13.2 Å². The Morgan fingerprint density at radius 1 is 1.44 bits per heavy atom. The molecule has 0 atom stereocenters. The number of carbonyl (C=O) groups excluding carboxylic acids is 1. The average molecular weight is 297 g/mol. The van der Waals surface area contributed by atoms with Crippen LogP contribution in [-0.2, 0) is 11.2 Å². The van der Waals surface area contributed by atoms with Gasteiger partial charge in [-0.05, 0) is 23.8 Å². The number of halogens is 4. The molecule has 2 nitrogen and oxygen atoms in total. The molecule has 6 heteroatoms. The Balaban J connectivity index is 2.86. The second-order valence-electron chi connectivity index (χ2n) is 2.98. The summed E-state index contributed by atoms with van der Waals surface area (Å²) in [4.78, 5) is 11.1. The number of ether oxygens (including phenoxy) is 1. The van der Waals surface area contributed by atoms with Gasteiger partial charge in [0, 0.05) is 6.42 Å². The van der Waals surface area contributed by atoms with Gasteiger partial charge in [0.2, 0.25) is 0 Å². The molecule has 0 saturated carbocycles.